The molecular weight excluding hydrogens is 364 g/mol. The van der Waals surface area contributed by atoms with E-state index in [1.54, 1.807) is 7.11 Å². The van der Waals surface area contributed by atoms with Crippen LogP contribution in [-0.2, 0) is 17.9 Å². The maximum Gasteiger partial charge on any atom is 0.223 e. The van der Waals surface area contributed by atoms with E-state index in [9.17, 15) is 4.79 Å². The van der Waals surface area contributed by atoms with Gasteiger partial charge in [-0.1, -0.05) is 43.3 Å². The number of rotatable bonds is 8. The maximum atomic E-state index is 12.2. The maximum absolute atomic E-state index is 12.2. The molecule has 1 aliphatic heterocycles. The van der Waals surface area contributed by atoms with Crippen LogP contribution in [0.25, 0.3) is 0 Å². The summed E-state index contributed by atoms with van der Waals surface area (Å²) in [4.78, 5) is 12.2. The average Bonchev–Trinajstić information content (AvgIpc) is 2.64. The molecule has 146 valence electrons. The highest BCUT2D eigenvalue weighted by atomic mass is 35.5. The SMILES string of the molecule is COc1cc(CNC(=O)C(C)C2CNC2)ccc1OCc1ccccc1.Cl. The van der Waals surface area contributed by atoms with Crippen LogP contribution < -0.4 is 20.1 Å². The molecule has 0 aliphatic carbocycles. The quantitative estimate of drug-likeness (QED) is 0.726. The van der Waals surface area contributed by atoms with E-state index < -0.39 is 0 Å². The first-order valence-electron chi connectivity index (χ1n) is 8.99. The van der Waals surface area contributed by atoms with Gasteiger partial charge in [0.05, 0.1) is 7.11 Å². The smallest absolute Gasteiger partial charge is 0.223 e. The first kappa shape index (κ1) is 21.1. The topological polar surface area (TPSA) is 59.6 Å². The Labute approximate surface area is 166 Å². The van der Waals surface area contributed by atoms with Crippen molar-refractivity contribution >= 4 is 18.3 Å². The molecule has 1 heterocycles. The van der Waals surface area contributed by atoms with Crippen molar-refractivity contribution in [1.29, 1.82) is 0 Å². The summed E-state index contributed by atoms with van der Waals surface area (Å²) < 4.78 is 11.3. The fourth-order valence-electron chi connectivity index (χ4n) is 2.91. The van der Waals surface area contributed by atoms with E-state index >= 15 is 0 Å². The van der Waals surface area contributed by atoms with Gasteiger partial charge in [0.25, 0.3) is 0 Å². The van der Waals surface area contributed by atoms with Crippen LogP contribution in [0.15, 0.2) is 48.5 Å². The molecule has 0 aromatic heterocycles. The number of methoxy groups -OCH3 is 1. The molecule has 3 rings (SSSR count). The molecule has 1 fully saturated rings. The summed E-state index contributed by atoms with van der Waals surface area (Å²) >= 11 is 0. The number of carbonyl (C=O) groups excluding carboxylic acids is 1. The van der Waals surface area contributed by atoms with E-state index in [1.807, 2.05) is 55.5 Å². The Morgan fingerprint density at radius 2 is 1.89 bits per heavy atom. The molecule has 1 amide bonds. The largest absolute Gasteiger partial charge is 0.493 e. The second-order valence-corrected chi connectivity index (χ2v) is 6.68. The molecule has 0 bridgehead atoms. The summed E-state index contributed by atoms with van der Waals surface area (Å²) in [7, 11) is 1.62. The van der Waals surface area contributed by atoms with E-state index in [-0.39, 0.29) is 24.2 Å². The Morgan fingerprint density at radius 1 is 1.15 bits per heavy atom. The van der Waals surface area contributed by atoms with E-state index in [4.69, 9.17) is 9.47 Å². The average molecular weight is 391 g/mol. The Kier molecular flexibility index (Phi) is 7.95. The molecule has 1 saturated heterocycles. The zero-order valence-electron chi connectivity index (χ0n) is 15.7. The van der Waals surface area contributed by atoms with Crippen LogP contribution in [-0.4, -0.2) is 26.1 Å². The minimum atomic E-state index is 0. The number of amides is 1. The monoisotopic (exact) mass is 390 g/mol. The van der Waals surface area contributed by atoms with Crippen LogP contribution in [0.4, 0.5) is 0 Å². The van der Waals surface area contributed by atoms with Crippen molar-refractivity contribution < 1.29 is 14.3 Å². The number of nitrogens with one attached hydrogen (secondary N) is 2. The molecule has 2 N–H and O–H groups in total. The molecular formula is C21H27ClN2O3. The van der Waals surface area contributed by atoms with Crippen LogP contribution in [0.2, 0.25) is 0 Å². The summed E-state index contributed by atoms with van der Waals surface area (Å²) in [6, 6.07) is 15.8. The van der Waals surface area contributed by atoms with Crippen molar-refractivity contribution in [1.82, 2.24) is 10.6 Å². The van der Waals surface area contributed by atoms with Crippen LogP contribution in [0.1, 0.15) is 18.1 Å². The molecule has 5 nitrogen and oxygen atoms in total. The van der Waals surface area contributed by atoms with E-state index in [0.717, 1.165) is 24.2 Å². The number of carbonyl (C=O) groups is 1. The van der Waals surface area contributed by atoms with Crippen molar-refractivity contribution in [3.8, 4) is 11.5 Å². The molecule has 1 unspecified atom stereocenters. The number of ether oxygens (including phenoxy) is 2. The highest BCUT2D eigenvalue weighted by molar-refractivity contribution is 5.85. The zero-order chi connectivity index (χ0) is 18.4. The summed E-state index contributed by atoms with van der Waals surface area (Å²) in [6.45, 7) is 4.81. The number of halogens is 1. The van der Waals surface area contributed by atoms with Gasteiger partial charge in [0, 0.05) is 12.5 Å². The Hall–Kier alpha value is -2.24. The lowest BCUT2D eigenvalue weighted by Crippen LogP contribution is -2.49. The van der Waals surface area contributed by atoms with Crippen molar-refractivity contribution in [2.24, 2.45) is 11.8 Å². The van der Waals surface area contributed by atoms with Crippen LogP contribution >= 0.6 is 12.4 Å². The summed E-state index contributed by atoms with van der Waals surface area (Å²) in [5.41, 5.74) is 2.09. The molecule has 6 heteroatoms. The van der Waals surface area contributed by atoms with Gasteiger partial charge in [-0.3, -0.25) is 4.79 Å². The number of hydrogen-bond donors (Lipinski definition) is 2. The van der Waals surface area contributed by atoms with E-state index in [0.29, 0.717) is 30.6 Å². The van der Waals surface area contributed by atoms with Crippen molar-refractivity contribution in [2.45, 2.75) is 20.1 Å². The van der Waals surface area contributed by atoms with Gasteiger partial charge in [-0.05, 0) is 42.3 Å². The van der Waals surface area contributed by atoms with Gasteiger partial charge in [0.2, 0.25) is 5.91 Å². The minimum Gasteiger partial charge on any atom is -0.493 e. The van der Waals surface area contributed by atoms with Gasteiger partial charge in [-0.15, -0.1) is 12.4 Å². The van der Waals surface area contributed by atoms with Gasteiger partial charge in [-0.25, -0.2) is 0 Å². The van der Waals surface area contributed by atoms with Gasteiger partial charge < -0.3 is 20.1 Å². The summed E-state index contributed by atoms with van der Waals surface area (Å²) in [5, 5.41) is 6.22. The molecule has 2 aromatic rings. The van der Waals surface area contributed by atoms with Crippen LogP contribution in [0.5, 0.6) is 11.5 Å². The third kappa shape index (κ3) is 5.62. The highest BCUT2D eigenvalue weighted by Gasteiger charge is 2.28. The lowest BCUT2D eigenvalue weighted by molar-refractivity contribution is -0.126. The summed E-state index contributed by atoms with van der Waals surface area (Å²) in [6.07, 6.45) is 0. The van der Waals surface area contributed by atoms with Crippen molar-refractivity contribution in [3.05, 3.63) is 59.7 Å². The Bertz CT molecular complexity index is 735. The standard InChI is InChI=1S/C21H26N2O3.ClH/c1-15(18-12-22-13-18)21(24)23-11-17-8-9-19(20(10-17)25-2)26-14-16-6-4-3-5-7-16;/h3-10,15,18,22H,11-14H2,1-2H3,(H,23,24);1H. The third-order valence-corrected chi connectivity index (χ3v) is 4.87. The predicted molar refractivity (Wildman–Crippen MR) is 108 cm³/mol. The van der Waals surface area contributed by atoms with Gasteiger partial charge in [-0.2, -0.15) is 0 Å². The zero-order valence-corrected chi connectivity index (χ0v) is 16.6. The normalized spacial score (nSPS) is 14.4. The molecule has 0 saturated carbocycles. The Morgan fingerprint density at radius 3 is 2.52 bits per heavy atom. The number of benzene rings is 2. The first-order valence-corrected chi connectivity index (χ1v) is 8.99. The Balaban J connectivity index is 0.00000261. The van der Waals surface area contributed by atoms with Gasteiger partial charge >= 0.3 is 0 Å². The van der Waals surface area contributed by atoms with Gasteiger partial charge in [0.15, 0.2) is 11.5 Å². The van der Waals surface area contributed by atoms with Gasteiger partial charge in [0.1, 0.15) is 6.61 Å². The molecule has 1 aliphatic rings. The lowest BCUT2D eigenvalue weighted by atomic mass is 9.88. The van der Waals surface area contributed by atoms with Crippen LogP contribution in [0, 0.1) is 11.8 Å². The van der Waals surface area contributed by atoms with E-state index in [1.165, 1.54) is 0 Å². The first-order chi connectivity index (χ1) is 12.7. The second-order valence-electron chi connectivity index (χ2n) is 6.68. The molecule has 0 radical (unpaired) electrons. The number of hydrogen-bond acceptors (Lipinski definition) is 4. The molecule has 0 spiro atoms. The lowest BCUT2D eigenvalue weighted by Gasteiger charge is -2.31. The highest BCUT2D eigenvalue weighted by Crippen LogP contribution is 2.29. The third-order valence-electron chi connectivity index (χ3n) is 4.87. The molecule has 27 heavy (non-hydrogen) atoms. The predicted octanol–water partition coefficient (Wildman–Crippen LogP) is 3.17. The fraction of sp³-hybridized carbons (Fsp3) is 0.381. The molecule has 2 aromatic carbocycles. The fourth-order valence-corrected chi connectivity index (χ4v) is 2.91. The van der Waals surface area contributed by atoms with Crippen molar-refractivity contribution in [3.63, 3.8) is 0 Å². The van der Waals surface area contributed by atoms with Crippen LogP contribution in [0.3, 0.4) is 0 Å². The summed E-state index contributed by atoms with van der Waals surface area (Å²) in [5.74, 6) is 1.94. The van der Waals surface area contributed by atoms with E-state index in [2.05, 4.69) is 10.6 Å². The minimum absolute atomic E-state index is 0. The van der Waals surface area contributed by atoms with Crippen molar-refractivity contribution in [2.75, 3.05) is 20.2 Å². The molecule has 1 atom stereocenters. The second kappa shape index (κ2) is 10.2.